The first kappa shape index (κ1) is 21.0. The summed E-state index contributed by atoms with van der Waals surface area (Å²) in [5, 5.41) is 3.29. The number of anilines is 1. The number of amidine groups is 1. The molecule has 1 amide bonds. The van der Waals surface area contributed by atoms with E-state index < -0.39 is 5.54 Å². The van der Waals surface area contributed by atoms with Gasteiger partial charge in [-0.2, -0.15) is 0 Å². The number of rotatable bonds is 4. The maximum Gasteiger partial charge on any atom is 0.259 e. The summed E-state index contributed by atoms with van der Waals surface area (Å²) in [5.74, 6) is 0.567. The zero-order chi connectivity index (χ0) is 22.0. The number of nitrogens with zero attached hydrogens (tertiary/aromatic N) is 3. The average molecular weight is 436 g/mol. The number of aliphatic imine (C=N–C) groups is 1. The highest BCUT2D eigenvalue weighted by atomic mass is 32.2. The predicted octanol–water partition coefficient (Wildman–Crippen LogP) is 4.51. The zero-order valence-corrected chi connectivity index (χ0v) is 18.0. The molecule has 0 spiro atoms. The lowest BCUT2D eigenvalue weighted by Crippen LogP contribution is -2.29. The van der Waals surface area contributed by atoms with E-state index in [1.54, 1.807) is 13.0 Å². The number of aryl methyl sites for hydroxylation is 1. The molecule has 0 fully saturated rings. The number of carbonyl (C=O) groups excluding carboxylic acids is 1. The Bertz CT molecular complexity index is 1170. The molecule has 4 rings (SSSR count). The molecular weight excluding hydrogens is 413 g/mol. The molecule has 31 heavy (non-hydrogen) atoms. The number of nitrogens with one attached hydrogen (secondary N) is 1. The molecule has 1 unspecified atom stereocenters. The fourth-order valence-electron chi connectivity index (χ4n) is 3.55. The summed E-state index contributed by atoms with van der Waals surface area (Å²) < 4.78 is 14.7. The van der Waals surface area contributed by atoms with E-state index in [0.717, 1.165) is 11.3 Å². The summed E-state index contributed by atoms with van der Waals surface area (Å²) in [7, 11) is 0. The van der Waals surface area contributed by atoms with Gasteiger partial charge in [-0.3, -0.25) is 9.79 Å². The SMILES string of the molecule is Cc1ncc(C(=O)Nc2ccc(F)c(C3(C)CCSC(N)=N3)c2)c(-c2ccccc2)n1. The summed E-state index contributed by atoms with van der Waals surface area (Å²) in [4.78, 5) is 26.2. The molecule has 3 N–H and O–H groups in total. The molecule has 2 heterocycles. The third-order valence-corrected chi connectivity index (χ3v) is 6.00. The van der Waals surface area contributed by atoms with E-state index in [1.165, 1.54) is 30.1 Å². The van der Waals surface area contributed by atoms with E-state index >= 15 is 0 Å². The van der Waals surface area contributed by atoms with Crippen LogP contribution in [0.2, 0.25) is 0 Å². The molecule has 8 heteroatoms. The van der Waals surface area contributed by atoms with Gasteiger partial charge < -0.3 is 11.1 Å². The van der Waals surface area contributed by atoms with Crippen LogP contribution in [0.5, 0.6) is 0 Å². The predicted molar refractivity (Wildman–Crippen MR) is 123 cm³/mol. The van der Waals surface area contributed by atoms with E-state index in [2.05, 4.69) is 20.3 Å². The lowest BCUT2D eigenvalue weighted by Gasteiger charge is -2.30. The van der Waals surface area contributed by atoms with Crippen molar-refractivity contribution in [3.05, 3.63) is 77.5 Å². The molecule has 2 aromatic carbocycles. The molecule has 1 atom stereocenters. The molecule has 3 aromatic rings. The second kappa shape index (κ2) is 8.47. The van der Waals surface area contributed by atoms with Crippen molar-refractivity contribution in [3.8, 4) is 11.3 Å². The zero-order valence-electron chi connectivity index (χ0n) is 17.2. The molecule has 0 bridgehead atoms. The molecule has 1 aliphatic heterocycles. The fraction of sp³-hybridized carbons (Fsp3) is 0.217. The van der Waals surface area contributed by atoms with Crippen LogP contribution >= 0.6 is 11.8 Å². The molecule has 1 aromatic heterocycles. The van der Waals surface area contributed by atoms with E-state index in [1.807, 2.05) is 37.3 Å². The number of carbonyl (C=O) groups is 1. The minimum absolute atomic E-state index is 0.338. The van der Waals surface area contributed by atoms with Crippen LogP contribution < -0.4 is 11.1 Å². The number of amides is 1. The molecule has 0 saturated heterocycles. The monoisotopic (exact) mass is 435 g/mol. The van der Waals surface area contributed by atoms with Crippen molar-refractivity contribution in [2.24, 2.45) is 10.7 Å². The van der Waals surface area contributed by atoms with Crippen LogP contribution in [0, 0.1) is 12.7 Å². The van der Waals surface area contributed by atoms with Crippen LogP contribution in [-0.2, 0) is 5.54 Å². The molecule has 0 saturated carbocycles. The third kappa shape index (κ3) is 4.44. The molecule has 0 aliphatic carbocycles. The first-order valence-electron chi connectivity index (χ1n) is 9.84. The highest BCUT2D eigenvalue weighted by Gasteiger charge is 2.32. The normalized spacial score (nSPS) is 18.4. The lowest BCUT2D eigenvalue weighted by atomic mass is 9.89. The third-order valence-electron chi connectivity index (χ3n) is 5.20. The minimum atomic E-state index is -0.775. The summed E-state index contributed by atoms with van der Waals surface area (Å²) in [6.07, 6.45) is 2.16. The van der Waals surface area contributed by atoms with Gasteiger partial charge in [0.25, 0.3) is 5.91 Å². The van der Waals surface area contributed by atoms with Gasteiger partial charge in [0.15, 0.2) is 5.17 Å². The smallest absolute Gasteiger partial charge is 0.259 e. The standard InChI is InChI=1S/C23H22FN5OS/c1-14-26-13-17(20(27-14)15-6-4-3-5-7-15)21(30)28-16-8-9-19(24)18(12-16)23(2)10-11-31-22(25)29-23/h3-9,12-13H,10-11H2,1-2H3,(H2,25,29)(H,28,30). The summed E-state index contributed by atoms with van der Waals surface area (Å²) in [5.41, 5.74) is 7.67. The molecule has 6 nitrogen and oxygen atoms in total. The first-order valence-corrected chi connectivity index (χ1v) is 10.8. The number of hydrogen-bond acceptors (Lipinski definition) is 6. The van der Waals surface area contributed by atoms with Crippen LogP contribution in [0.15, 0.2) is 59.7 Å². The lowest BCUT2D eigenvalue weighted by molar-refractivity contribution is 0.102. The van der Waals surface area contributed by atoms with Crippen molar-refractivity contribution < 1.29 is 9.18 Å². The largest absolute Gasteiger partial charge is 0.379 e. The Hall–Kier alpha value is -3.26. The maximum absolute atomic E-state index is 14.7. The fourth-order valence-corrected chi connectivity index (χ4v) is 4.52. The number of aromatic nitrogens is 2. The molecular formula is C23H22FN5OS. The van der Waals surface area contributed by atoms with E-state index in [4.69, 9.17) is 5.73 Å². The number of thioether (sulfide) groups is 1. The van der Waals surface area contributed by atoms with Crippen LogP contribution in [-0.4, -0.2) is 26.8 Å². The van der Waals surface area contributed by atoms with Gasteiger partial charge in [-0.1, -0.05) is 42.1 Å². The van der Waals surface area contributed by atoms with Gasteiger partial charge in [0.05, 0.1) is 16.8 Å². The van der Waals surface area contributed by atoms with Crippen molar-refractivity contribution in [2.45, 2.75) is 25.8 Å². The summed E-state index contributed by atoms with van der Waals surface area (Å²) >= 11 is 1.46. The number of nitrogens with two attached hydrogens (primary N) is 1. The molecule has 1 aliphatic rings. The van der Waals surface area contributed by atoms with Crippen molar-refractivity contribution in [1.82, 2.24) is 9.97 Å². The van der Waals surface area contributed by atoms with Crippen LogP contribution in [0.1, 0.15) is 35.1 Å². The Balaban J connectivity index is 1.67. The highest BCUT2D eigenvalue weighted by Crippen LogP contribution is 2.37. The van der Waals surface area contributed by atoms with E-state index in [0.29, 0.717) is 39.9 Å². The van der Waals surface area contributed by atoms with Crippen molar-refractivity contribution in [3.63, 3.8) is 0 Å². The highest BCUT2D eigenvalue weighted by molar-refractivity contribution is 8.13. The van der Waals surface area contributed by atoms with E-state index in [9.17, 15) is 9.18 Å². The van der Waals surface area contributed by atoms with Crippen molar-refractivity contribution in [2.75, 3.05) is 11.1 Å². The molecule has 0 radical (unpaired) electrons. The van der Waals surface area contributed by atoms with E-state index in [-0.39, 0.29) is 11.7 Å². The first-order chi connectivity index (χ1) is 14.9. The molecule has 158 valence electrons. The van der Waals surface area contributed by atoms with Crippen molar-refractivity contribution >= 4 is 28.5 Å². The number of halogens is 1. The Labute approximate surface area is 184 Å². The van der Waals surface area contributed by atoms with Gasteiger partial charge in [-0.05, 0) is 38.5 Å². The number of hydrogen-bond donors (Lipinski definition) is 2. The summed E-state index contributed by atoms with van der Waals surface area (Å²) in [6, 6.07) is 13.9. The van der Waals surface area contributed by atoms with Crippen LogP contribution in [0.4, 0.5) is 10.1 Å². The Morgan fingerprint density at radius 3 is 2.74 bits per heavy atom. The van der Waals surface area contributed by atoms with Gasteiger partial charge in [-0.25, -0.2) is 14.4 Å². The maximum atomic E-state index is 14.7. The second-order valence-electron chi connectivity index (χ2n) is 7.52. The Kier molecular flexibility index (Phi) is 5.73. The number of benzene rings is 2. The van der Waals surface area contributed by atoms with Gasteiger partial charge in [0.2, 0.25) is 0 Å². The average Bonchev–Trinajstić information content (AvgIpc) is 2.75. The van der Waals surface area contributed by atoms with Crippen LogP contribution in [0.25, 0.3) is 11.3 Å². The van der Waals surface area contributed by atoms with Gasteiger partial charge in [-0.15, -0.1) is 0 Å². The summed E-state index contributed by atoms with van der Waals surface area (Å²) in [6.45, 7) is 3.63. The Morgan fingerprint density at radius 2 is 2.00 bits per heavy atom. The topological polar surface area (TPSA) is 93.3 Å². The second-order valence-corrected chi connectivity index (χ2v) is 8.63. The Morgan fingerprint density at radius 1 is 1.23 bits per heavy atom. The van der Waals surface area contributed by atoms with Gasteiger partial charge >= 0.3 is 0 Å². The minimum Gasteiger partial charge on any atom is -0.379 e. The van der Waals surface area contributed by atoms with Gasteiger partial charge in [0.1, 0.15) is 11.6 Å². The van der Waals surface area contributed by atoms with Gasteiger partial charge in [0, 0.05) is 28.8 Å². The van der Waals surface area contributed by atoms with Crippen molar-refractivity contribution in [1.29, 1.82) is 0 Å². The quantitative estimate of drug-likeness (QED) is 0.629. The van der Waals surface area contributed by atoms with Crippen LogP contribution in [0.3, 0.4) is 0 Å².